The molecule has 2 saturated carbocycles. The lowest BCUT2D eigenvalue weighted by Crippen LogP contribution is -2.32. The van der Waals surface area contributed by atoms with Gasteiger partial charge in [0.05, 0.1) is 49.9 Å². The fourth-order valence-corrected chi connectivity index (χ4v) is 13.1. The van der Waals surface area contributed by atoms with Gasteiger partial charge >= 0.3 is 0 Å². The maximum absolute atomic E-state index is 13.1. The highest BCUT2D eigenvalue weighted by Gasteiger charge is 2.35. The molecule has 0 spiro atoms. The van der Waals surface area contributed by atoms with Crippen molar-refractivity contribution in [1.29, 1.82) is 0 Å². The summed E-state index contributed by atoms with van der Waals surface area (Å²) in [5.74, 6) is 5.15. The Morgan fingerprint density at radius 3 is 1.33 bits per heavy atom. The number of sulfonamides is 3. The molecule has 0 aliphatic heterocycles. The number of hydrogen-bond acceptors (Lipinski definition) is 13. The Morgan fingerprint density at radius 2 is 0.902 bits per heavy atom. The topological polar surface area (TPSA) is 225 Å². The highest BCUT2D eigenvalue weighted by atomic mass is 32.2. The molecule has 5 atom stereocenters. The van der Waals surface area contributed by atoms with Crippen molar-refractivity contribution in [2.45, 2.75) is 224 Å². The summed E-state index contributed by atoms with van der Waals surface area (Å²) < 4.78 is 99.2. The van der Waals surface area contributed by atoms with Gasteiger partial charge in [-0.25, -0.2) is 34.6 Å². The third-order valence-electron chi connectivity index (χ3n) is 20.1. The molecule has 0 radical (unpaired) electrons. The number of benzene rings is 5. The van der Waals surface area contributed by atoms with Crippen molar-refractivity contribution in [2.75, 3.05) is 105 Å². The molecule has 2 fully saturated rings. The Balaban J connectivity index is 0.000000297. The summed E-state index contributed by atoms with van der Waals surface area (Å²) >= 11 is 0. The Hall–Kier alpha value is -7.76. The fraction of sp³-hybridized carbons (Fsp3) is 0.573. The molecule has 1 heterocycles. The van der Waals surface area contributed by atoms with E-state index in [9.17, 15) is 44.0 Å². The van der Waals surface area contributed by atoms with Gasteiger partial charge in [-0.05, 0) is 215 Å². The van der Waals surface area contributed by atoms with Gasteiger partial charge in [0.1, 0.15) is 29.0 Å². The summed E-state index contributed by atoms with van der Waals surface area (Å²) in [5, 5.41) is 6.25. The Bertz CT molecular complexity index is 4310. The first-order valence-corrected chi connectivity index (χ1v) is 45.0. The van der Waals surface area contributed by atoms with E-state index in [1.54, 1.807) is 44.5 Å². The molecule has 2 N–H and O–H groups in total. The number of hydrogen-bond donors (Lipinski definition) is 2. The van der Waals surface area contributed by atoms with Crippen LogP contribution in [0.15, 0.2) is 115 Å². The number of aromatic nitrogens is 1. The first-order chi connectivity index (χ1) is 51.5. The van der Waals surface area contributed by atoms with Gasteiger partial charge in [0.2, 0.25) is 30.1 Å². The number of rotatable bonds is 26. The fourth-order valence-electron chi connectivity index (χ4n) is 11.7. The van der Waals surface area contributed by atoms with Crippen molar-refractivity contribution in [3.05, 3.63) is 171 Å². The highest BCUT2D eigenvalue weighted by molar-refractivity contribution is 7.92. The molecule has 23 heteroatoms. The van der Waals surface area contributed by atoms with E-state index < -0.39 is 30.1 Å². The van der Waals surface area contributed by atoms with E-state index in [1.807, 2.05) is 104 Å². The molecule has 624 valence electrons. The molecule has 0 saturated heterocycles. The van der Waals surface area contributed by atoms with E-state index in [0.717, 1.165) is 137 Å². The number of carbonyl (C=O) groups excluding carboxylic acids is 3. The molecule has 19 nitrogen and oxygen atoms in total. The molecule has 2 aliphatic carbocycles. The minimum absolute atomic E-state index is 0.0100. The molecule has 5 aromatic carbocycles. The summed E-state index contributed by atoms with van der Waals surface area (Å²) in [6.07, 6.45) is 9.95. The van der Waals surface area contributed by atoms with Crippen LogP contribution in [0.2, 0.25) is 0 Å². The molecule has 8 rings (SSSR count). The zero-order chi connectivity index (χ0) is 85.2. The van der Waals surface area contributed by atoms with Gasteiger partial charge in [0.15, 0.2) is 0 Å². The van der Waals surface area contributed by atoms with Crippen LogP contribution in [0.1, 0.15) is 261 Å². The number of pyridine rings is 1. The molecular formula is C89H137FN8O11S3. The van der Waals surface area contributed by atoms with E-state index >= 15 is 0 Å². The summed E-state index contributed by atoms with van der Waals surface area (Å²) in [4.78, 5) is 46.5. The van der Waals surface area contributed by atoms with Gasteiger partial charge in [-0.15, -0.1) is 0 Å². The van der Waals surface area contributed by atoms with Gasteiger partial charge in [-0.3, -0.25) is 27.3 Å². The predicted molar refractivity (Wildman–Crippen MR) is 464 cm³/mol. The van der Waals surface area contributed by atoms with Crippen molar-refractivity contribution in [3.8, 4) is 11.5 Å². The molecular weight excluding hydrogens is 1470 g/mol. The van der Waals surface area contributed by atoms with Crippen LogP contribution in [-0.4, -0.2) is 144 Å². The summed E-state index contributed by atoms with van der Waals surface area (Å²) in [6.45, 7) is 51.2. The molecule has 0 bridgehead atoms. The lowest BCUT2D eigenvalue weighted by atomic mass is 9.85. The quantitative estimate of drug-likeness (QED) is 0.0516. The second-order valence-corrected chi connectivity index (χ2v) is 41.6. The number of ether oxygens (including phenoxy) is 2. The number of nitrogens with one attached hydrogen (secondary N) is 2. The van der Waals surface area contributed by atoms with Crippen LogP contribution in [-0.2, 0) is 57.1 Å². The number of methoxy groups -OCH3 is 1. The van der Waals surface area contributed by atoms with Crippen LogP contribution in [0, 0.1) is 29.5 Å². The minimum Gasteiger partial charge on any atom is -0.497 e. The average molecular weight is 1610 g/mol. The molecule has 2 aliphatic rings. The van der Waals surface area contributed by atoms with Crippen LogP contribution >= 0.6 is 0 Å². The molecule has 112 heavy (non-hydrogen) atoms. The monoisotopic (exact) mass is 1610 g/mol. The molecule has 3 amide bonds. The van der Waals surface area contributed by atoms with Crippen LogP contribution in [0.4, 0.5) is 27.4 Å². The molecule has 4 unspecified atom stereocenters. The van der Waals surface area contributed by atoms with Crippen molar-refractivity contribution < 1.29 is 53.5 Å². The van der Waals surface area contributed by atoms with E-state index in [1.165, 1.54) is 65.8 Å². The third-order valence-corrected chi connectivity index (χ3v) is 23.7. The van der Waals surface area contributed by atoms with Crippen molar-refractivity contribution in [3.63, 3.8) is 0 Å². The SMILES string of the molecule is CC1CC1CNc1cc(C(C)(C)C)cc(N(C)S(C)(=O)=O)n1.CC1CC1COc1cc(N(C)S(C)(=O)=O)cc(C(C)(C)C)c1.CCCN(CCC)C(=O)c1cc(OC)cc(C(C)(C)C)c1.CCCN(CCC)C(=O)c1cccc(C(C)(C)C)c1.C[C@@H](NC(=O)c1cc(N(C)S(C)(=O)=O)cc(C(C)(C)C)c1)c1ccc(F)cc1. The van der Waals surface area contributed by atoms with E-state index in [-0.39, 0.29) is 56.7 Å². The zero-order valence-corrected chi connectivity index (χ0v) is 75.6. The van der Waals surface area contributed by atoms with E-state index in [4.69, 9.17) is 9.47 Å². The largest absolute Gasteiger partial charge is 0.497 e. The highest BCUT2D eigenvalue weighted by Crippen LogP contribution is 2.41. The molecule has 1 aromatic heterocycles. The minimum atomic E-state index is -3.46. The summed E-state index contributed by atoms with van der Waals surface area (Å²) in [7, 11) is -3.85. The number of amides is 3. The van der Waals surface area contributed by atoms with Crippen molar-refractivity contribution in [1.82, 2.24) is 20.1 Å². The van der Waals surface area contributed by atoms with Crippen LogP contribution < -0.4 is 33.0 Å². The van der Waals surface area contributed by atoms with Crippen molar-refractivity contribution >= 4 is 70.8 Å². The van der Waals surface area contributed by atoms with E-state index in [0.29, 0.717) is 41.2 Å². The first kappa shape index (κ1) is 96.6. The second-order valence-electron chi connectivity index (χ2n) is 35.5. The number of halogens is 1. The maximum Gasteiger partial charge on any atom is 0.253 e. The Kier molecular flexibility index (Phi) is 34.9. The van der Waals surface area contributed by atoms with Gasteiger partial charge in [0.25, 0.3) is 17.7 Å². The zero-order valence-electron chi connectivity index (χ0n) is 73.1. The van der Waals surface area contributed by atoms with E-state index in [2.05, 4.69) is 146 Å². The average Bonchev–Trinajstić information content (AvgIpc) is 1.19. The second kappa shape index (κ2) is 40.5. The van der Waals surface area contributed by atoms with Gasteiger partial charge in [-0.1, -0.05) is 170 Å². The Labute approximate surface area is 675 Å². The number of nitrogens with zero attached hydrogens (tertiary/aromatic N) is 6. The summed E-state index contributed by atoms with van der Waals surface area (Å²) in [5.41, 5.74) is 8.73. The predicted octanol–water partition coefficient (Wildman–Crippen LogP) is 18.8. The normalized spacial score (nSPS) is 15.8. The van der Waals surface area contributed by atoms with Gasteiger partial charge < -0.3 is 29.9 Å². The first-order valence-electron chi connectivity index (χ1n) is 39.5. The summed E-state index contributed by atoms with van der Waals surface area (Å²) in [6, 6.07) is 34.3. The van der Waals surface area contributed by atoms with Gasteiger partial charge in [-0.2, -0.15) is 0 Å². The van der Waals surface area contributed by atoms with Crippen LogP contribution in [0.3, 0.4) is 0 Å². The lowest BCUT2D eigenvalue weighted by Gasteiger charge is -2.24. The standard InChI is InChI=1S/C21H27FN2O3S.C18H29NO2.C17H27NO3S.C17H27NO.C16H27N3O2S/c1-14(15-7-9-18(22)10-8-15)23-20(25)16-11-17(21(2,3)4)13-19(12-16)24(5)28(6,26)27;1-7-9-19(10-8-2)17(20)14-11-15(18(3,4)5)13-16(12-14)21-6;1-12-7-13(12)11-21-16-9-14(17(2,3)4)8-15(10-16)18(5)22(6,19)20;1-6-11-18(12-7-2)16(19)14-9-8-10-15(13-14)17(3,4)5;1-11-7-12(11)10-17-14-8-13(16(2,3)4)9-15(18-14)19(5)22(6,20)21/h7-14H,1-6H3,(H,23,25);11-13H,7-10H2,1-6H3;8-10,12-13H,7,11H2,1-6H3;8-10,13H,6-7,11-12H2,1-5H3;8-9,11-12H,7,10H2,1-6H3,(H,17,18)/t14-;;;;/m1..../s1. The number of carbonyl (C=O) groups is 3. The third kappa shape index (κ3) is 30.9. The lowest BCUT2D eigenvalue weighted by molar-refractivity contribution is 0.0748. The Morgan fingerprint density at radius 1 is 0.500 bits per heavy atom. The maximum atomic E-state index is 13.1. The van der Waals surface area contributed by atoms with Crippen molar-refractivity contribution in [2.24, 2.45) is 23.7 Å². The van der Waals surface area contributed by atoms with Crippen LogP contribution in [0.25, 0.3) is 0 Å². The number of anilines is 4. The smallest absolute Gasteiger partial charge is 0.253 e. The molecule has 6 aromatic rings. The van der Waals surface area contributed by atoms with Gasteiger partial charge in [0, 0.05) is 76.6 Å². The van der Waals surface area contributed by atoms with Crippen LogP contribution in [0.5, 0.6) is 11.5 Å².